The Morgan fingerprint density at radius 3 is 2.43 bits per heavy atom. The van der Waals surface area contributed by atoms with Crippen molar-refractivity contribution in [3.8, 4) is 0 Å². The summed E-state index contributed by atoms with van der Waals surface area (Å²) in [5, 5.41) is 2.08. The third kappa shape index (κ3) is 2.25. The predicted octanol–water partition coefficient (Wildman–Crippen LogP) is 2.05. The summed E-state index contributed by atoms with van der Waals surface area (Å²) >= 11 is 1.78. The van der Waals surface area contributed by atoms with Gasteiger partial charge in [0.2, 0.25) is 0 Å². The molecule has 0 aliphatic carbocycles. The fourth-order valence-corrected chi connectivity index (χ4v) is 0.890. The Kier molecular flexibility index (Phi) is 3.59. The molecule has 0 saturated heterocycles. The summed E-state index contributed by atoms with van der Waals surface area (Å²) in [7, 11) is 0. The van der Waals surface area contributed by atoms with Crippen LogP contribution in [0.2, 0.25) is 0 Å². The Morgan fingerprint density at radius 1 is 1.57 bits per heavy atom. The van der Waals surface area contributed by atoms with Crippen molar-refractivity contribution in [2.45, 2.75) is 6.92 Å². The van der Waals surface area contributed by atoms with Crippen molar-refractivity contribution >= 4 is 11.3 Å². The first-order chi connectivity index (χ1) is 2.89. The maximum Gasteiger partial charge on any atom is 0.00141 e. The van der Waals surface area contributed by atoms with Gasteiger partial charge < -0.3 is 0 Å². The second kappa shape index (κ2) is 3.40. The molecule has 1 aromatic heterocycles. The Bertz CT molecular complexity index is 112. The van der Waals surface area contributed by atoms with Crippen LogP contribution in [0.1, 0.15) is 4.88 Å². The van der Waals surface area contributed by atoms with Crippen LogP contribution in [0.25, 0.3) is 0 Å². The largest absolute Gasteiger partial charge is 0.149 e. The maximum atomic E-state index is 2.10. The summed E-state index contributed by atoms with van der Waals surface area (Å²) < 4.78 is 0. The molecule has 0 bridgehead atoms. The smallest absolute Gasteiger partial charge is 0.00141 e. The summed E-state index contributed by atoms with van der Waals surface area (Å²) in [6.45, 7) is 2.10. The summed E-state index contributed by atoms with van der Waals surface area (Å²) in [5.74, 6) is 0. The van der Waals surface area contributed by atoms with Crippen molar-refractivity contribution in [2.24, 2.45) is 0 Å². The van der Waals surface area contributed by atoms with Gasteiger partial charge in [0, 0.05) is 25.9 Å². The molecule has 0 saturated carbocycles. The third-order valence-corrected chi connectivity index (χ3v) is 1.46. The van der Waals surface area contributed by atoms with Crippen molar-refractivity contribution in [3.63, 3.8) is 0 Å². The minimum Gasteiger partial charge on any atom is -0.149 e. The molecule has 0 aliphatic rings. The number of aryl methyl sites for hydroxylation is 1. The Labute approximate surface area is 61.8 Å². The van der Waals surface area contributed by atoms with E-state index in [2.05, 4.69) is 24.4 Å². The number of thiophene rings is 1. The van der Waals surface area contributed by atoms with Crippen LogP contribution in [0.4, 0.5) is 0 Å². The molecule has 0 amide bonds. The molecule has 1 heterocycles. The van der Waals surface area contributed by atoms with Gasteiger partial charge in [0.05, 0.1) is 0 Å². The molecule has 1 rings (SSSR count). The Balaban J connectivity index is 0.000000360. The van der Waals surface area contributed by atoms with Gasteiger partial charge in [-0.05, 0) is 18.4 Å². The van der Waals surface area contributed by atoms with Crippen LogP contribution in [-0.4, -0.2) is 0 Å². The molecule has 0 nitrogen and oxygen atoms in total. The molecule has 0 N–H and O–H groups in total. The van der Waals surface area contributed by atoms with Gasteiger partial charge in [-0.1, -0.05) is 6.07 Å². The first kappa shape index (κ1) is 7.39. The van der Waals surface area contributed by atoms with Crippen LogP contribution < -0.4 is 0 Å². The molecule has 7 heavy (non-hydrogen) atoms. The Hall–Kier alpha value is 0.388. The van der Waals surface area contributed by atoms with Crippen molar-refractivity contribution < 1.29 is 21.1 Å². The van der Waals surface area contributed by atoms with E-state index < -0.39 is 0 Å². The maximum absolute atomic E-state index is 2.10. The first-order valence-corrected chi connectivity index (χ1v) is 2.77. The average molecular weight is 282 g/mol. The minimum absolute atomic E-state index is 0. The molecule has 0 spiro atoms. The molecule has 0 unspecified atom stereocenters. The fourth-order valence-electron chi connectivity index (χ4n) is 0.361. The van der Waals surface area contributed by atoms with E-state index in [1.807, 2.05) is 0 Å². The Morgan fingerprint density at radius 2 is 2.29 bits per heavy atom. The number of hydrogen-bond donors (Lipinski definition) is 0. The van der Waals surface area contributed by atoms with Crippen molar-refractivity contribution in [3.05, 3.63) is 22.4 Å². The molecule has 2 heteroatoms. The van der Waals surface area contributed by atoms with Crippen LogP contribution in [0.15, 0.2) is 17.5 Å². The van der Waals surface area contributed by atoms with E-state index in [-0.39, 0.29) is 21.1 Å². The molecular weight excluding hydrogens is 276 g/mol. The van der Waals surface area contributed by atoms with Gasteiger partial charge >= 0.3 is 0 Å². The summed E-state index contributed by atoms with van der Waals surface area (Å²) in [6.07, 6.45) is 0. The average Bonchev–Trinajstić information content (AvgIpc) is 1.86. The van der Waals surface area contributed by atoms with Crippen LogP contribution in [0, 0.1) is 6.92 Å². The molecule has 0 aliphatic heterocycles. The molecule has 0 fully saturated rings. The van der Waals surface area contributed by atoms with Crippen LogP contribution in [0.5, 0.6) is 0 Å². The zero-order chi connectivity index (χ0) is 4.41. The van der Waals surface area contributed by atoms with Gasteiger partial charge in [-0.15, -0.1) is 11.3 Å². The summed E-state index contributed by atoms with van der Waals surface area (Å²) in [4.78, 5) is 1.38. The first-order valence-electron chi connectivity index (χ1n) is 1.90. The summed E-state index contributed by atoms with van der Waals surface area (Å²) in [6, 6.07) is 4.16. The molecular formula is C5H6SW. The van der Waals surface area contributed by atoms with Crippen molar-refractivity contribution in [1.82, 2.24) is 0 Å². The van der Waals surface area contributed by atoms with Gasteiger partial charge in [0.25, 0.3) is 0 Å². The zero-order valence-corrected chi connectivity index (χ0v) is 7.80. The molecule has 1 aromatic rings. The summed E-state index contributed by atoms with van der Waals surface area (Å²) in [5.41, 5.74) is 0. The second-order valence-corrected chi connectivity index (χ2v) is 2.38. The predicted molar refractivity (Wildman–Crippen MR) is 29.1 cm³/mol. The third-order valence-electron chi connectivity index (χ3n) is 0.663. The number of hydrogen-bond acceptors (Lipinski definition) is 1. The second-order valence-electron chi connectivity index (χ2n) is 1.22. The van der Waals surface area contributed by atoms with E-state index in [9.17, 15) is 0 Å². The van der Waals surface area contributed by atoms with Crippen LogP contribution in [-0.2, 0) is 21.1 Å². The molecule has 0 aromatic carbocycles. The molecule has 0 atom stereocenters. The van der Waals surface area contributed by atoms with Gasteiger partial charge in [0.1, 0.15) is 0 Å². The fraction of sp³-hybridized carbons (Fsp3) is 0.200. The quantitative estimate of drug-likeness (QED) is 0.683. The SMILES string of the molecule is Cc1cccs1.[W]. The van der Waals surface area contributed by atoms with Gasteiger partial charge in [-0.3, -0.25) is 0 Å². The van der Waals surface area contributed by atoms with E-state index in [1.54, 1.807) is 11.3 Å². The van der Waals surface area contributed by atoms with E-state index in [0.717, 1.165) is 0 Å². The van der Waals surface area contributed by atoms with Crippen LogP contribution >= 0.6 is 11.3 Å². The van der Waals surface area contributed by atoms with Gasteiger partial charge in [-0.2, -0.15) is 0 Å². The van der Waals surface area contributed by atoms with Crippen molar-refractivity contribution in [2.75, 3.05) is 0 Å². The normalized spacial score (nSPS) is 7.57. The molecule has 0 radical (unpaired) electrons. The van der Waals surface area contributed by atoms with E-state index in [0.29, 0.717) is 0 Å². The zero-order valence-electron chi connectivity index (χ0n) is 4.05. The van der Waals surface area contributed by atoms with Gasteiger partial charge in [0.15, 0.2) is 0 Å². The standard InChI is InChI=1S/C5H6S.W/c1-5-3-2-4-6-5;/h2-4H,1H3;. The van der Waals surface area contributed by atoms with E-state index >= 15 is 0 Å². The monoisotopic (exact) mass is 282 g/mol. The molecule has 38 valence electrons. The van der Waals surface area contributed by atoms with Gasteiger partial charge in [-0.25, -0.2) is 0 Å². The van der Waals surface area contributed by atoms with E-state index in [1.165, 1.54) is 4.88 Å². The minimum atomic E-state index is 0. The van der Waals surface area contributed by atoms with Crippen LogP contribution in [0.3, 0.4) is 0 Å². The van der Waals surface area contributed by atoms with Crippen molar-refractivity contribution in [1.29, 1.82) is 0 Å². The topological polar surface area (TPSA) is 0 Å². The number of rotatable bonds is 0. The van der Waals surface area contributed by atoms with E-state index in [4.69, 9.17) is 0 Å².